The molecule has 0 aromatic rings. The van der Waals surface area contributed by atoms with Crippen molar-refractivity contribution in [3.05, 3.63) is 24.3 Å². The number of rotatable bonds is 32. The van der Waals surface area contributed by atoms with Gasteiger partial charge in [0.15, 0.2) is 12.6 Å². The summed E-state index contributed by atoms with van der Waals surface area (Å²) in [4.78, 5) is 0. The molecule has 0 radical (unpaired) electrons. The monoisotopic (exact) mass is 590 g/mol. The zero-order valence-electron chi connectivity index (χ0n) is 25.8. The molecule has 0 aliphatic carbocycles. The number of hydrogen-bond donors (Lipinski definition) is 0. The summed E-state index contributed by atoms with van der Waals surface area (Å²) in [6.45, 7) is 0. The second-order valence-electron chi connectivity index (χ2n) is 10.9. The van der Waals surface area contributed by atoms with Gasteiger partial charge in [-0.2, -0.15) is 0 Å². The zero-order valence-corrected chi connectivity index (χ0v) is 27.3. The maximum Gasteiger partial charge on any atom is 0.160 e. The molecule has 0 aliphatic heterocycles. The van der Waals surface area contributed by atoms with Crippen LogP contribution in [-0.2, 0) is 14.2 Å². The van der Waals surface area contributed by atoms with Crippen molar-refractivity contribution in [2.24, 2.45) is 0 Å². The molecule has 3 nitrogen and oxygen atoms in total. The molecule has 0 heterocycles. The van der Waals surface area contributed by atoms with Crippen molar-refractivity contribution >= 4 is 23.2 Å². The van der Waals surface area contributed by atoms with Crippen LogP contribution in [0.25, 0.3) is 0 Å². The van der Waals surface area contributed by atoms with Crippen LogP contribution in [0.2, 0.25) is 0 Å². The molecule has 0 N–H and O–H groups in total. The van der Waals surface area contributed by atoms with Crippen LogP contribution in [0.4, 0.5) is 0 Å². The molecule has 0 aromatic carbocycles. The third-order valence-electron chi connectivity index (χ3n) is 7.31. The first-order chi connectivity index (χ1) is 19.3. The van der Waals surface area contributed by atoms with Gasteiger partial charge in [-0.15, -0.1) is 23.2 Å². The normalized spacial score (nSPS) is 13.6. The van der Waals surface area contributed by atoms with Crippen LogP contribution < -0.4 is 0 Å². The fourth-order valence-corrected chi connectivity index (χ4v) is 5.15. The van der Waals surface area contributed by atoms with Gasteiger partial charge in [0.05, 0.1) is 0 Å². The van der Waals surface area contributed by atoms with Crippen molar-refractivity contribution in [3.63, 3.8) is 0 Å². The van der Waals surface area contributed by atoms with Gasteiger partial charge in [-0.05, 0) is 51.4 Å². The number of methoxy groups -OCH3 is 2. The first kappa shape index (κ1) is 38.9. The Kier molecular flexibility index (Phi) is 34.1. The smallest absolute Gasteiger partial charge is 0.160 e. The Balaban J connectivity index is 3.66. The summed E-state index contributed by atoms with van der Waals surface area (Å²) in [5.41, 5.74) is 0. The summed E-state index contributed by atoms with van der Waals surface area (Å²) in [6.07, 6.45) is 38.7. The lowest BCUT2D eigenvalue weighted by atomic mass is 10.1. The molecule has 0 rings (SSSR count). The van der Waals surface area contributed by atoms with E-state index < -0.39 is 0 Å². The van der Waals surface area contributed by atoms with Crippen LogP contribution in [0.3, 0.4) is 0 Å². The molecule has 0 amide bonds. The fourth-order valence-electron chi connectivity index (χ4n) is 4.78. The molecule has 0 aliphatic rings. The average molecular weight is 592 g/mol. The van der Waals surface area contributed by atoms with Crippen LogP contribution in [-0.4, -0.2) is 38.6 Å². The molecular weight excluding hydrogens is 527 g/mol. The van der Waals surface area contributed by atoms with Gasteiger partial charge in [0.1, 0.15) is 0 Å². The topological polar surface area (TPSA) is 27.7 Å². The van der Waals surface area contributed by atoms with Gasteiger partial charge >= 0.3 is 0 Å². The van der Waals surface area contributed by atoms with Gasteiger partial charge in [0.2, 0.25) is 0 Å². The highest BCUT2D eigenvalue weighted by Gasteiger charge is 2.14. The maximum atomic E-state index is 6.05. The van der Waals surface area contributed by atoms with E-state index in [-0.39, 0.29) is 12.6 Å². The molecule has 0 bridgehead atoms. The highest BCUT2D eigenvalue weighted by atomic mass is 35.5. The standard InChI is InChI=1S/C34H64Cl2O3/c1-37-33(29-25-21-17-13-9-5-3-7-11-15-19-23-27-31-35)39-34(38-2)30-26-22-18-14-10-6-4-8-12-16-20-24-28-32-36/h17-18,21-22,33-34H,3-16,19-20,23-32H2,1-2H3. The van der Waals surface area contributed by atoms with Crippen LogP contribution in [0.5, 0.6) is 0 Å². The molecule has 0 saturated carbocycles. The number of allylic oxidation sites excluding steroid dienone is 4. The lowest BCUT2D eigenvalue weighted by Gasteiger charge is -2.22. The largest absolute Gasteiger partial charge is 0.356 e. The van der Waals surface area contributed by atoms with E-state index in [1.54, 1.807) is 14.2 Å². The Morgan fingerprint density at radius 3 is 1.00 bits per heavy atom. The van der Waals surface area contributed by atoms with Crippen molar-refractivity contribution in [3.8, 4) is 0 Å². The van der Waals surface area contributed by atoms with Gasteiger partial charge < -0.3 is 14.2 Å². The molecule has 5 heteroatoms. The first-order valence-corrected chi connectivity index (χ1v) is 17.5. The molecule has 2 unspecified atom stereocenters. The summed E-state index contributed by atoms with van der Waals surface area (Å²) in [5, 5.41) is 0. The number of alkyl halides is 2. The van der Waals surface area contributed by atoms with Gasteiger partial charge in [-0.1, -0.05) is 114 Å². The molecular formula is C34H64Cl2O3. The number of hydrogen-bond acceptors (Lipinski definition) is 3. The van der Waals surface area contributed by atoms with Crippen LogP contribution in [0.1, 0.15) is 154 Å². The third kappa shape index (κ3) is 30.7. The predicted molar refractivity (Wildman–Crippen MR) is 173 cm³/mol. The van der Waals surface area contributed by atoms with E-state index in [0.29, 0.717) is 0 Å². The minimum Gasteiger partial charge on any atom is -0.356 e. The predicted octanol–water partition coefficient (Wildman–Crippen LogP) is 11.9. The lowest BCUT2D eigenvalue weighted by molar-refractivity contribution is -0.232. The van der Waals surface area contributed by atoms with Crippen LogP contribution in [0.15, 0.2) is 24.3 Å². The summed E-state index contributed by atoms with van der Waals surface area (Å²) < 4.78 is 17.2. The molecule has 2 atom stereocenters. The maximum absolute atomic E-state index is 6.05. The van der Waals surface area contributed by atoms with Gasteiger partial charge in [0.25, 0.3) is 0 Å². The van der Waals surface area contributed by atoms with Crippen LogP contribution >= 0.6 is 23.2 Å². The minimum absolute atomic E-state index is 0.214. The highest BCUT2D eigenvalue weighted by molar-refractivity contribution is 6.18. The summed E-state index contributed by atoms with van der Waals surface area (Å²) in [5.74, 6) is 1.63. The van der Waals surface area contributed by atoms with E-state index in [2.05, 4.69) is 24.3 Å². The minimum atomic E-state index is -0.214. The van der Waals surface area contributed by atoms with Gasteiger partial charge in [-0.25, -0.2) is 0 Å². The van der Waals surface area contributed by atoms with E-state index in [9.17, 15) is 0 Å². The SMILES string of the molecule is COC(CCC=CCCCCCCCCCCCCl)OC(CCC=CCCCCCCCCCCCCl)OC. The summed E-state index contributed by atoms with van der Waals surface area (Å²) in [7, 11) is 3.45. The molecule has 0 saturated heterocycles. The Labute approximate surface area is 253 Å². The molecule has 0 spiro atoms. The Morgan fingerprint density at radius 2 is 0.692 bits per heavy atom. The summed E-state index contributed by atoms with van der Waals surface area (Å²) >= 11 is 11.4. The number of halogens is 2. The lowest BCUT2D eigenvalue weighted by Crippen LogP contribution is -2.25. The van der Waals surface area contributed by atoms with Crippen LogP contribution in [0, 0.1) is 0 Å². The molecule has 0 aromatic heterocycles. The van der Waals surface area contributed by atoms with Crippen molar-refractivity contribution in [1.29, 1.82) is 0 Å². The fraction of sp³-hybridized carbons (Fsp3) is 0.882. The van der Waals surface area contributed by atoms with E-state index in [4.69, 9.17) is 37.4 Å². The number of ether oxygens (including phenoxy) is 3. The third-order valence-corrected chi connectivity index (χ3v) is 7.84. The van der Waals surface area contributed by atoms with E-state index in [0.717, 1.165) is 37.4 Å². The Hall–Kier alpha value is -0.0600. The van der Waals surface area contributed by atoms with Crippen molar-refractivity contribution < 1.29 is 14.2 Å². The van der Waals surface area contributed by atoms with Gasteiger partial charge in [0, 0.05) is 38.8 Å². The quantitative estimate of drug-likeness (QED) is 0.0337. The Morgan fingerprint density at radius 1 is 0.410 bits per heavy atom. The van der Waals surface area contributed by atoms with E-state index in [1.807, 2.05) is 0 Å². The first-order valence-electron chi connectivity index (χ1n) is 16.4. The van der Waals surface area contributed by atoms with Crippen molar-refractivity contribution in [1.82, 2.24) is 0 Å². The van der Waals surface area contributed by atoms with Crippen molar-refractivity contribution in [2.45, 2.75) is 167 Å². The van der Waals surface area contributed by atoms with Gasteiger partial charge in [-0.3, -0.25) is 0 Å². The molecule has 232 valence electrons. The number of unbranched alkanes of at least 4 members (excludes halogenated alkanes) is 18. The van der Waals surface area contributed by atoms with Crippen molar-refractivity contribution in [2.75, 3.05) is 26.0 Å². The molecule has 39 heavy (non-hydrogen) atoms. The second-order valence-corrected chi connectivity index (χ2v) is 11.6. The molecule has 0 fully saturated rings. The second kappa shape index (κ2) is 34.1. The Bertz CT molecular complexity index is 469. The highest BCUT2D eigenvalue weighted by Crippen LogP contribution is 2.15. The van der Waals surface area contributed by atoms with E-state index >= 15 is 0 Å². The van der Waals surface area contributed by atoms with E-state index in [1.165, 1.54) is 128 Å². The zero-order chi connectivity index (χ0) is 28.5. The average Bonchev–Trinajstić information content (AvgIpc) is 2.95. The summed E-state index contributed by atoms with van der Waals surface area (Å²) in [6, 6.07) is 0.